The van der Waals surface area contributed by atoms with Crippen LogP contribution in [0, 0.1) is 5.92 Å². The summed E-state index contributed by atoms with van der Waals surface area (Å²) in [6.07, 6.45) is 4.16. The minimum Gasteiger partial charge on any atom is -0.326 e. The second-order valence-corrected chi connectivity index (χ2v) is 5.20. The average molecular weight is 276 g/mol. The molecule has 112 valence electrons. The predicted molar refractivity (Wildman–Crippen MR) is 85.7 cm³/mol. The molecule has 1 aromatic carbocycles. The summed E-state index contributed by atoms with van der Waals surface area (Å²) < 4.78 is 0. The van der Waals surface area contributed by atoms with Crippen LogP contribution >= 0.6 is 0 Å². The monoisotopic (exact) mass is 276 g/mol. The summed E-state index contributed by atoms with van der Waals surface area (Å²) >= 11 is 0. The highest BCUT2D eigenvalue weighted by Gasteiger charge is 2.22. The molecular formula is C17H28N2O. The van der Waals surface area contributed by atoms with Crippen molar-refractivity contribution >= 4 is 11.6 Å². The van der Waals surface area contributed by atoms with E-state index in [4.69, 9.17) is 5.73 Å². The van der Waals surface area contributed by atoms with Crippen LogP contribution in [0.3, 0.4) is 0 Å². The number of carbonyl (C=O) groups excluding carboxylic acids is 1. The van der Waals surface area contributed by atoms with Gasteiger partial charge in [0.25, 0.3) is 0 Å². The van der Waals surface area contributed by atoms with Gasteiger partial charge >= 0.3 is 0 Å². The van der Waals surface area contributed by atoms with Crippen LogP contribution in [0.4, 0.5) is 5.69 Å². The van der Waals surface area contributed by atoms with Gasteiger partial charge in [0.05, 0.1) is 0 Å². The van der Waals surface area contributed by atoms with Gasteiger partial charge in [-0.2, -0.15) is 0 Å². The van der Waals surface area contributed by atoms with E-state index in [9.17, 15) is 4.79 Å². The molecule has 1 aromatic rings. The van der Waals surface area contributed by atoms with E-state index in [1.54, 1.807) is 0 Å². The third-order valence-electron chi connectivity index (χ3n) is 3.81. The molecule has 0 radical (unpaired) electrons. The van der Waals surface area contributed by atoms with Crippen molar-refractivity contribution in [2.75, 3.05) is 11.4 Å². The van der Waals surface area contributed by atoms with Gasteiger partial charge in [-0.15, -0.1) is 0 Å². The van der Waals surface area contributed by atoms with Crippen LogP contribution in [-0.2, 0) is 11.3 Å². The molecule has 0 bridgehead atoms. The fourth-order valence-corrected chi connectivity index (χ4v) is 2.45. The molecule has 0 heterocycles. The quantitative estimate of drug-likeness (QED) is 0.786. The molecule has 1 rings (SSSR count). The zero-order chi connectivity index (χ0) is 15.0. The van der Waals surface area contributed by atoms with Crippen LogP contribution in [0.1, 0.15) is 52.0 Å². The number of benzene rings is 1. The molecular weight excluding hydrogens is 248 g/mol. The number of hydrogen-bond acceptors (Lipinski definition) is 2. The molecule has 0 aliphatic heterocycles. The topological polar surface area (TPSA) is 46.3 Å². The molecule has 3 nitrogen and oxygen atoms in total. The maximum atomic E-state index is 12.7. The molecule has 0 aliphatic rings. The maximum absolute atomic E-state index is 12.7. The van der Waals surface area contributed by atoms with Gasteiger partial charge in [0.1, 0.15) is 0 Å². The highest BCUT2D eigenvalue weighted by molar-refractivity contribution is 5.94. The molecule has 2 N–H and O–H groups in total. The SMILES string of the molecule is CCCCC(CC)C(=O)N(CC)c1ccc(CN)cc1. The second-order valence-electron chi connectivity index (χ2n) is 5.20. The molecule has 0 aromatic heterocycles. The number of rotatable bonds is 8. The van der Waals surface area contributed by atoms with Crippen molar-refractivity contribution < 1.29 is 4.79 Å². The van der Waals surface area contributed by atoms with Crippen molar-refractivity contribution in [3.8, 4) is 0 Å². The fraction of sp³-hybridized carbons (Fsp3) is 0.588. The molecule has 3 heteroatoms. The van der Waals surface area contributed by atoms with Gasteiger partial charge in [0.15, 0.2) is 0 Å². The number of carbonyl (C=O) groups is 1. The first-order valence-corrected chi connectivity index (χ1v) is 7.78. The number of amides is 1. The van der Waals surface area contributed by atoms with Crippen molar-refractivity contribution in [2.45, 2.75) is 53.0 Å². The Kier molecular flexibility index (Phi) is 7.31. The zero-order valence-electron chi connectivity index (χ0n) is 13.1. The largest absolute Gasteiger partial charge is 0.326 e. The lowest BCUT2D eigenvalue weighted by Gasteiger charge is -2.26. The third kappa shape index (κ3) is 4.34. The minimum absolute atomic E-state index is 0.143. The number of nitrogens with zero attached hydrogens (tertiary/aromatic N) is 1. The Morgan fingerprint density at radius 3 is 2.30 bits per heavy atom. The molecule has 1 atom stereocenters. The molecule has 1 unspecified atom stereocenters. The van der Waals surface area contributed by atoms with E-state index >= 15 is 0 Å². The van der Waals surface area contributed by atoms with Gasteiger partial charge in [-0.3, -0.25) is 4.79 Å². The first-order valence-electron chi connectivity index (χ1n) is 7.78. The van der Waals surface area contributed by atoms with Crippen LogP contribution in [0.2, 0.25) is 0 Å². The Hall–Kier alpha value is -1.35. The van der Waals surface area contributed by atoms with Crippen LogP contribution in [0.15, 0.2) is 24.3 Å². The fourth-order valence-electron chi connectivity index (χ4n) is 2.45. The van der Waals surface area contributed by atoms with Gasteiger partial charge in [-0.1, -0.05) is 38.8 Å². The zero-order valence-corrected chi connectivity index (χ0v) is 13.1. The summed E-state index contributed by atoms with van der Waals surface area (Å²) in [5, 5.41) is 0. The Morgan fingerprint density at radius 1 is 1.20 bits per heavy atom. The molecule has 0 fully saturated rings. The van der Waals surface area contributed by atoms with E-state index in [1.165, 1.54) is 0 Å². The first kappa shape index (κ1) is 16.7. The lowest BCUT2D eigenvalue weighted by atomic mass is 9.97. The van der Waals surface area contributed by atoms with Crippen molar-refractivity contribution in [3.63, 3.8) is 0 Å². The summed E-state index contributed by atoms with van der Waals surface area (Å²) in [6, 6.07) is 7.99. The van der Waals surface area contributed by atoms with Gasteiger partial charge in [0, 0.05) is 24.7 Å². The van der Waals surface area contributed by atoms with E-state index in [1.807, 2.05) is 36.1 Å². The van der Waals surface area contributed by atoms with Gasteiger partial charge in [0.2, 0.25) is 5.91 Å². The van der Waals surface area contributed by atoms with Crippen molar-refractivity contribution in [1.82, 2.24) is 0 Å². The number of nitrogens with two attached hydrogens (primary N) is 1. The maximum Gasteiger partial charge on any atom is 0.230 e. The molecule has 0 saturated heterocycles. The number of hydrogen-bond donors (Lipinski definition) is 1. The Labute approximate surface area is 123 Å². The van der Waals surface area contributed by atoms with Crippen LogP contribution in [-0.4, -0.2) is 12.5 Å². The molecule has 0 saturated carbocycles. The predicted octanol–water partition coefficient (Wildman–Crippen LogP) is 3.71. The normalized spacial score (nSPS) is 12.2. The summed E-state index contributed by atoms with van der Waals surface area (Å²) in [5.41, 5.74) is 7.68. The summed E-state index contributed by atoms with van der Waals surface area (Å²) in [7, 11) is 0. The summed E-state index contributed by atoms with van der Waals surface area (Å²) in [6.45, 7) is 7.54. The first-order chi connectivity index (χ1) is 9.67. The van der Waals surface area contributed by atoms with Crippen molar-refractivity contribution in [2.24, 2.45) is 11.7 Å². The average Bonchev–Trinajstić information content (AvgIpc) is 2.49. The van der Waals surface area contributed by atoms with Crippen molar-refractivity contribution in [1.29, 1.82) is 0 Å². The van der Waals surface area contributed by atoms with Crippen LogP contribution in [0.25, 0.3) is 0 Å². The Morgan fingerprint density at radius 2 is 1.85 bits per heavy atom. The van der Waals surface area contributed by atoms with Gasteiger partial charge in [-0.25, -0.2) is 0 Å². The number of anilines is 1. The van der Waals surface area contributed by atoms with E-state index in [0.717, 1.165) is 36.9 Å². The molecule has 1 amide bonds. The van der Waals surface area contributed by atoms with Crippen molar-refractivity contribution in [3.05, 3.63) is 29.8 Å². The van der Waals surface area contributed by atoms with Crippen LogP contribution < -0.4 is 10.6 Å². The smallest absolute Gasteiger partial charge is 0.230 e. The van der Waals surface area contributed by atoms with Crippen LogP contribution in [0.5, 0.6) is 0 Å². The number of unbranched alkanes of at least 4 members (excludes halogenated alkanes) is 1. The standard InChI is InChI=1S/C17H28N2O/c1-4-7-8-15(5-2)17(20)19(6-3)16-11-9-14(13-18)10-12-16/h9-12,15H,4-8,13,18H2,1-3H3. The lowest BCUT2D eigenvalue weighted by Crippen LogP contribution is -2.36. The van der Waals surface area contributed by atoms with Gasteiger partial charge < -0.3 is 10.6 Å². The summed E-state index contributed by atoms with van der Waals surface area (Å²) in [5.74, 6) is 0.396. The second kappa shape index (κ2) is 8.75. The minimum atomic E-state index is 0.143. The third-order valence-corrected chi connectivity index (χ3v) is 3.81. The molecule has 20 heavy (non-hydrogen) atoms. The Bertz CT molecular complexity index is 400. The van der Waals surface area contributed by atoms with Gasteiger partial charge in [-0.05, 0) is 37.5 Å². The van der Waals surface area contributed by atoms with E-state index in [0.29, 0.717) is 13.1 Å². The van der Waals surface area contributed by atoms with E-state index in [-0.39, 0.29) is 11.8 Å². The lowest BCUT2D eigenvalue weighted by molar-refractivity contribution is -0.122. The molecule has 0 aliphatic carbocycles. The summed E-state index contributed by atoms with van der Waals surface area (Å²) in [4.78, 5) is 14.6. The Balaban J connectivity index is 2.83. The molecule has 0 spiro atoms. The highest BCUT2D eigenvalue weighted by atomic mass is 16.2. The highest BCUT2D eigenvalue weighted by Crippen LogP contribution is 2.22. The van der Waals surface area contributed by atoms with E-state index in [2.05, 4.69) is 13.8 Å². The van der Waals surface area contributed by atoms with E-state index < -0.39 is 0 Å².